The number of anilines is 1. The van der Waals surface area contributed by atoms with Crippen LogP contribution in [0.4, 0.5) is 5.69 Å². The lowest BCUT2D eigenvalue weighted by molar-refractivity contribution is -0.123. The van der Waals surface area contributed by atoms with Gasteiger partial charge in [-0.1, -0.05) is 35.5 Å². The molecule has 3 aliphatic rings. The second-order valence-corrected chi connectivity index (χ2v) is 11.8. The Morgan fingerprint density at radius 3 is 2.56 bits per heavy atom. The summed E-state index contributed by atoms with van der Waals surface area (Å²) >= 11 is 8.66. The number of carbonyl (C=O) groups excluding carboxylic acids is 3. The number of rotatable bonds is 8. The quantitative estimate of drug-likeness (QED) is 0.195. The number of carbonyl (C=O) groups is 3. The van der Waals surface area contributed by atoms with Gasteiger partial charge in [0.1, 0.15) is 12.4 Å². The molecule has 184 valence electrons. The Balaban J connectivity index is 1.04. The van der Waals surface area contributed by atoms with Crippen LogP contribution in [0.15, 0.2) is 59.0 Å². The number of aromatic nitrogens is 1. The number of hydrogen-bond acceptors (Lipinski definition) is 7. The predicted molar refractivity (Wildman–Crippen MR) is 141 cm³/mol. The smallest absolute Gasteiger partial charge is 0.238 e. The van der Waals surface area contributed by atoms with Crippen molar-refractivity contribution >= 4 is 68.3 Å². The zero-order valence-electron chi connectivity index (χ0n) is 19.1. The Hall–Kier alpha value is -2.88. The van der Waals surface area contributed by atoms with E-state index in [9.17, 15) is 14.4 Å². The van der Waals surface area contributed by atoms with Crippen molar-refractivity contribution in [1.82, 2.24) is 10.3 Å². The van der Waals surface area contributed by atoms with Crippen LogP contribution in [0.5, 0.6) is 5.75 Å². The topological polar surface area (TPSA) is 88.6 Å². The number of nitrogens with zero attached hydrogens (tertiary/aromatic N) is 2. The van der Waals surface area contributed by atoms with E-state index in [0.717, 1.165) is 21.0 Å². The summed E-state index contributed by atoms with van der Waals surface area (Å²) in [5.74, 6) is 0.587. The van der Waals surface area contributed by atoms with Crippen LogP contribution in [0.3, 0.4) is 0 Å². The molecule has 2 heterocycles. The van der Waals surface area contributed by atoms with Gasteiger partial charge in [-0.25, -0.2) is 9.88 Å². The fourth-order valence-corrected chi connectivity index (χ4v) is 7.38. The molecule has 10 heteroatoms. The van der Waals surface area contributed by atoms with E-state index in [1.807, 2.05) is 12.1 Å². The number of hydrogen-bond donors (Lipinski definition) is 1. The lowest BCUT2D eigenvalue weighted by Gasteiger charge is -2.17. The second kappa shape index (κ2) is 9.53. The molecule has 6 rings (SSSR count). The molecule has 2 bridgehead atoms. The minimum Gasteiger partial charge on any atom is -0.492 e. The lowest BCUT2D eigenvalue weighted by atomic mass is 9.85. The van der Waals surface area contributed by atoms with Gasteiger partial charge in [-0.2, -0.15) is 0 Å². The second-order valence-electron chi connectivity index (χ2n) is 9.08. The van der Waals surface area contributed by atoms with E-state index < -0.39 is 0 Å². The van der Waals surface area contributed by atoms with Gasteiger partial charge in [0.05, 0.1) is 40.0 Å². The average molecular weight is 540 g/mol. The lowest BCUT2D eigenvalue weighted by Crippen LogP contribution is -2.32. The van der Waals surface area contributed by atoms with Crippen LogP contribution in [0.25, 0.3) is 10.2 Å². The first-order valence-corrected chi connectivity index (χ1v) is 13.9. The Labute approximate surface area is 220 Å². The first-order valence-electron chi connectivity index (χ1n) is 11.7. The minimum absolute atomic E-state index is 0.0861. The van der Waals surface area contributed by atoms with Gasteiger partial charge in [0.2, 0.25) is 17.7 Å². The van der Waals surface area contributed by atoms with E-state index in [4.69, 9.17) is 16.3 Å². The van der Waals surface area contributed by atoms with Crippen LogP contribution in [0, 0.1) is 23.7 Å². The third-order valence-corrected chi connectivity index (χ3v) is 9.33. The first kappa shape index (κ1) is 23.5. The number of allylic oxidation sites excluding steroid dienone is 2. The number of benzene rings is 2. The molecule has 1 N–H and O–H groups in total. The summed E-state index contributed by atoms with van der Waals surface area (Å²) in [6, 6.07) is 12.5. The van der Waals surface area contributed by atoms with Crippen molar-refractivity contribution in [1.29, 1.82) is 0 Å². The summed E-state index contributed by atoms with van der Waals surface area (Å²) in [6.07, 6.45) is 5.11. The van der Waals surface area contributed by atoms with Gasteiger partial charge in [-0.15, -0.1) is 11.3 Å². The molecule has 1 aliphatic heterocycles. The van der Waals surface area contributed by atoms with Crippen LogP contribution in [0.2, 0.25) is 5.02 Å². The zero-order chi connectivity index (χ0) is 24.8. The van der Waals surface area contributed by atoms with Gasteiger partial charge in [0, 0.05) is 5.02 Å². The van der Waals surface area contributed by atoms with E-state index in [0.29, 0.717) is 29.6 Å². The van der Waals surface area contributed by atoms with E-state index >= 15 is 0 Å². The van der Waals surface area contributed by atoms with Crippen LogP contribution < -0.4 is 15.0 Å². The Morgan fingerprint density at radius 2 is 1.83 bits per heavy atom. The van der Waals surface area contributed by atoms with E-state index in [1.165, 1.54) is 28.0 Å². The van der Waals surface area contributed by atoms with E-state index in [2.05, 4.69) is 22.5 Å². The fraction of sp³-hybridized carbons (Fsp3) is 0.308. The Kier molecular flexibility index (Phi) is 6.23. The standard InChI is InChI=1S/C26H22ClN3O4S2/c27-16-3-6-18(7-4-16)34-10-9-28-21(31)13-35-26-29-19-8-5-17(12-20(19)36-26)30-24(32)22-14-1-2-15(11-14)23(22)25(30)33/h1-8,12,14-15,22-23H,9-11,13H2,(H,28,31)/t14-,15-,22-,23+/m0/s1. The highest BCUT2D eigenvalue weighted by molar-refractivity contribution is 8.01. The van der Waals surface area contributed by atoms with Crippen LogP contribution in [0.1, 0.15) is 6.42 Å². The van der Waals surface area contributed by atoms with Gasteiger partial charge < -0.3 is 10.1 Å². The van der Waals surface area contributed by atoms with Gasteiger partial charge in [-0.05, 0) is 60.7 Å². The number of amides is 3. The van der Waals surface area contributed by atoms with Crippen molar-refractivity contribution in [2.45, 2.75) is 10.8 Å². The maximum absolute atomic E-state index is 13.1. The predicted octanol–water partition coefficient (Wildman–Crippen LogP) is 4.55. The molecule has 0 unspecified atom stereocenters. The molecular weight excluding hydrogens is 518 g/mol. The van der Waals surface area contributed by atoms with Crippen LogP contribution in [-0.2, 0) is 14.4 Å². The molecular formula is C26H22ClN3O4S2. The molecule has 2 aliphatic carbocycles. The van der Waals surface area contributed by atoms with Crippen molar-refractivity contribution in [3.63, 3.8) is 0 Å². The van der Waals surface area contributed by atoms with Gasteiger partial charge in [0.15, 0.2) is 4.34 Å². The molecule has 0 spiro atoms. The summed E-state index contributed by atoms with van der Waals surface area (Å²) in [7, 11) is 0. The maximum Gasteiger partial charge on any atom is 0.238 e. The zero-order valence-corrected chi connectivity index (χ0v) is 21.4. The molecule has 2 aromatic carbocycles. The fourth-order valence-electron chi connectivity index (χ4n) is 5.32. The summed E-state index contributed by atoms with van der Waals surface area (Å²) in [5.41, 5.74) is 1.38. The highest BCUT2D eigenvalue weighted by Gasteiger charge is 2.59. The monoisotopic (exact) mass is 539 g/mol. The average Bonchev–Trinajstić information content (AvgIpc) is 3.64. The van der Waals surface area contributed by atoms with Crippen molar-refractivity contribution < 1.29 is 19.1 Å². The number of thiazole rings is 1. The molecule has 3 aromatic rings. The SMILES string of the molecule is O=C(CSc1nc2ccc(N3C(=O)[C@@H]4[C@H](C3=O)[C@H]3C=C[C@H]4C3)cc2s1)NCCOc1ccc(Cl)cc1. The molecule has 36 heavy (non-hydrogen) atoms. The van der Waals surface area contributed by atoms with Crippen LogP contribution in [-0.4, -0.2) is 41.6 Å². The van der Waals surface area contributed by atoms with Crippen molar-refractivity contribution in [2.24, 2.45) is 23.7 Å². The number of halogens is 1. The summed E-state index contributed by atoms with van der Waals surface area (Å²) in [5, 5.41) is 3.48. The number of imide groups is 1. The number of thioether (sulfide) groups is 1. The molecule has 1 saturated carbocycles. The van der Waals surface area contributed by atoms with Crippen molar-refractivity contribution in [2.75, 3.05) is 23.8 Å². The van der Waals surface area contributed by atoms with Crippen molar-refractivity contribution in [3.05, 3.63) is 59.6 Å². The first-order chi connectivity index (χ1) is 17.5. The van der Waals surface area contributed by atoms with E-state index in [-0.39, 0.29) is 47.1 Å². The summed E-state index contributed by atoms with van der Waals surface area (Å²) in [6.45, 7) is 0.748. The molecule has 7 nitrogen and oxygen atoms in total. The Bertz CT molecular complexity index is 1360. The molecule has 2 fully saturated rings. The van der Waals surface area contributed by atoms with Gasteiger partial charge in [0.25, 0.3) is 0 Å². The minimum atomic E-state index is -0.217. The highest BCUT2D eigenvalue weighted by Crippen LogP contribution is 2.53. The molecule has 3 amide bonds. The third kappa shape index (κ3) is 4.29. The number of nitrogens with one attached hydrogen (secondary N) is 1. The highest BCUT2D eigenvalue weighted by atomic mass is 35.5. The molecule has 0 radical (unpaired) electrons. The molecule has 4 atom stereocenters. The summed E-state index contributed by atoms with van der Waals surface area (Å²) in [4.78, 5) is 44.4. The van der Waals surface area contributed by atoms with Crippen LogP contribution >= 0.6 is 34.7 Å². The van der Waals surface area contributed by atoms with Gasteiger partial charge >= 0.3 is 0 Å². The third-order valence-electron chi connectivity index (χ3n) is 6.91. The number of fused-ring (bicyclic) bond motifs is 6. The molecule has 1 aromatic heterocycles. The summed E-state index contributed by atoms with van der Waals surface area (Å²) < 4.78 is 7.21. The van der Waals surface area contributed by atoms with E-state index in [1.54, 1.807) is 30.3 Å². The maximum atomic E-state index is 13.1. The Morgan fingerprint density at radius 1 is 1.11 bits per heavy atom. The van der Waals surface area contributed by atoms with Gasteiger partial charge in [-0.3, -0.25) is 14.4 Å². The molecule has 1 saturated heterocycles. The van der Waals surface area contributed by atoms with Crippen molar-refractivity contribution in [3.8, 4) is 5.75 Å². The normalized spacial score (nSPS) is 24.1. The number of ether oxygens (including phenoxy) is 1. The largest absolute Gasteiger partial charge is 0.492 e.